The van der Waals surface area contributed by atoms with Gasteiger partial charge in [-0.3, -0.25) is 13.9 Å². The molecule has 0 heterocycles. The van der Waals surface area contributed by atoms with Crippen LogP contribution in [0.4, 0.5) is 5.69 Å². The summed E-state index contributed by atoms with van der Waals surface area (Å²) in [5.74, 6) is -0.750. The average Bonchev–Trinajstić information content (AvgIpc) is 2.89. The van der Waals surface area contributed by atoms with Gasteiger partial charge in [-0.2, -0.15) is 0 Å². The number of nitrogens with one attached hydrogen (secondary N) is 1. The number of amides is 2. The molecule has 7 nitrogen and oxygen atoms in total. The molecule has 0 bridgehead atoms. The van der Waals surface area contributed by atoms with Gasteiger partial charge in [0.25, 0.3) is 0 Å². The first kappa shape index (κ1) is 31.2. The van der Waals surface area contributed by atoms with E-state index >= 15 is 0 Å². The summed E-state index contributed by atoms with van der Waals surface area (Å²) in [6.45, 7) is 5.93. The molecule has 0 fully saturated rings. The predicted octanol–water partition coefficient (Wildman–Crippen LogP) is 5.28. The Labute approximate surface area is 243 Å². The summed E-state index contributed by atoms with van der Waals surface area (Å²) in [7, 11) is -3.84. The third-order valence-corrected chi connectivity index (χ3v) is 8.00. The molecule has 40 heavy (non-hydrogen) atoms. The zero-order valence-corrected chi connectivity index (χ0v) is 25.1. The lowest BCUT2D eigenvalue weighted by Crippen LogP contribution is -2.53. The van der Waals surface area contributed by atoms with E-state index in [1.54, 1.807) is 25.1 Å². The van der Waals surface area contributed by atoms with Crippen molar-refractivity contribution in [3.63, 3.8) is 0 Å². The molecule has 3 aromatic rings. The van der Waals surface area contributed by atoms with Gasteiger partial charge in [-0.15, -0.1) is 0 Å². The van der Waals surface area contributed by atoms with Crippen LogP contribution in [0.5, 0.6) is 0 Å². The number of carbonyl (C=O) groups is 2. The van der Waals surface area contributed by atoms with E-state index in [1.165, 1.54) is 4.90 Å². The molecule has 3 aromatic carbocycles. The molecule has 9 heteroatoms. The van der Waals surface area contributed by atoms with Crippen LogP contribution in [0.15, 0.2) is 72.8 Å². The van der Waals surface area contributed by atoms with Crippen molar-refractivity contribution >= 4 is 39.1 Å². The first-order valence-corrected chi connectivity index (χ1v) is 15.6. The van der Waals surface area contributed by atoms with Gasteiger partial charge in [0.05, 0.1) is 11.9 Å². The maximum atomic E-state index is 14.1. The van der Waals surface area contributed by atoms with Gasteiger partial charge in [0.1, 0.15) is 12.6 Å². The molecule has 1 unspecified atom stereocenters. The fourth-order valence-corrected chi connectivity index (χ4v) is 5.69. The molecule has 214 valence electrons. The second kappa shape index (κ2) is 14.3. The topological polar surface area (TPSA) is 86.8 Å². The van der Waals surface area contributed by atoms with Gasteiger partial charge in [0.2, 0.25) is 21.8 Å². The minimum Gasteiger partial charge on any atom is -0.354 e. The average molecular weight is 584 g/mol. The Balaban J connectivity index is 2.05. The summed E-state index contributed by atoms with van der Waals surface area (Å²) < 4.78 is 27.0. The van der Waals surface area contributed by atoms with Gasteiger partial charge in [-0.1, -0.05) is 85.1 Å². The van der Waals surface area contributed by atoms with Gasteiger partial charge in [0.15, 0.2) is 0 Å². The fourth-order valence-electron chi connectivity index (χ4n) is 4.56. The minimum atomic E-state index is -3.84. The van der Waals surface area contributed by atoms with E-state index in [0.29, 0.717) is 22.8 Å². The van der Waals surface area contributed by atoms with Crippen LogP contribution in [0.25, 0.3) is 0 Å². The van der Waals surface area contributed by atoms with Crippen LogP contribution in [0, 0.1) is 13.8 Å². The number of rotatable bonds is 13. The third-order valence-electron chi connectivity index (χ3n) is 6.64. The van der Waals surface area contributed by atoms with Crippen LogP contribution >= 0.6 is 11.6 Å². The van der Waals surface area contributed by atoms with E-state index in [-0.39, 0.29) is 18.9 Å². The predicted molar refractivity (Wildman–Crippen MR) is 162 cm³/mol. The normalized spacial score (nSPS) is 12.0. The number of sulfonamides is 1. The molecule has 0 saturated carbocycles. The summed E-state index contributed by atoms with van der Waals surface area (Å²) in [5.41, 5.74) is 3.75. The van der Waals surface area contributed by atoms with Crippen molar-refractivity contribution < 1.29 is 18.0 Å². The minimum absolute atomic E-state index is 0.149. The second-order valence-electron chi connectivity index (χ2n) is 10.1. The van der Waals surface area contributed by atoms with Crippen LogP contribution in [0.1, 0.15) is 42.0 Å². The van der Waals surface area contributed by atoms with E-state index in [9.17, 15) is 18.0 Å². The zero-order chi connectivity index (χ0) is 29.3. The summed E-state index contributed by atoms with van der Waals surface area (Å²) >= 11 is 6.11. The number of hydrogen-bond donors (Lipinski definition) is 1. The molecule has 0 aliphatic heterocycles. The van der Waals surface area contributed by atoms with Gasteiger partial charge >= 0.3 is 0 Å². The quantitative estimate of drug-likeness (QED) is 0.277. The number of halogens is 1. The highest BCUT2D eigenvalue weighted by Gasteiger charge is 2.33. The zero-order valence-electron chi connectivity index (χ0n) is 23.6. The molecule has 1 atom stereocenters. The molecule has 1 N–H and O–H groups in total. The van der Waals surface area contributed by atoms with Crippen molar-refractivity contribution in [2.45, 2.75) is 52.6 Å². The van der Waals surface area contributed by atoms with E-state index in [1.807, 2.05) is 68.4 Å². The van der Waals surface area contributed by atoms with Gasteiger partial charge in [0, 0.05) is 24.5 Å². The lowest BCUT2D eigenvalue weighted by atomic mass is 10.0. The summed E-state index contributed by atoms with van der Waals surface area (Å²) in [6, 6.07) is 21.2. The Bertz CT molecular complexity index is 1410. The van der Waals surface area contributed by atoms with E-state index in [2.05, 4.69) is 5.32 Å². The van der Waals surface area contributed by atoms with Crippen molar-refractivity contribution in [1.82, 2.24) is 10.2 Å². The highest BCUT2D eigenvalue weighted by Crippen LogP contribution is 2.26. The van der Waals surface area contributed by atoms with E-state index in [4.69, 9.17) is 11.6 Å². The lowest BCUT2D eigenvalue weighted by Gasteiger charge is -2.34. The molecule has 0 spiro atoms. The number of aryl methyl sites for hydroxylation is 2. The fraction of sp³-hybridized carbons (Fsp3) is 0.355. The van der Waals surface area contributed by atoms with Crippen molar-refractivity contribution in [3.05, 3.63) is 100 Å². The first-order chi connectivity index (χ1) is 19.0. The largest absolute Gasteiger partial charge is 0.354 e. The summed E-state index contributed by atoms with van der Waals surface area (Å²) in [4.78, 5) is 29.2. The number of unbranched alkanes of at least 4 members (excludes halogenated alkanes) is 1. The number of anilines is 1. The van der Waals surface area contributed by atoms with Gasteiger partial charge < -0.3 is 10.2 Å². The molecular weight excluding hydrogens is 546 g/mol. The van der Waals surface area contributed by atoms with Crippen molar-refractivity contribution in [1.29, 1.82) is 0 Å². The monoisotopic (exact) mass is 583 g/mol. The molecule has 0 aliphatic carbocycles. The Morgan fingerprint density at radius 3 is 2.27 bits per heavy atom. The van der Waals surface area contributed by atoms with Crippen molar-refractivity contribution in [2.75, 3.05) is 23.7 Å². The van der Waals surface area contributed by atoms with Gasteiger partial charge in [-0.25, -0.2) is 8.42 Å². The molecule has 0 aliphatic rings. The molecule has 3 rings (SSSR count). The first-order valence-electron chi connectivity index (χ1n) is 13.4. The second-order valence-corrected chi connectivity index (χ2v) is 12.4. The van der Waals surface area contributed by atoms with Gasteiger partial charge in [-0.05, 0) is 55.2 Å². The number of benzene rings is 3. The summed E-state index contributed by atoms with van der Waals surface area (Å²) in [6.07, 6.45) is 3.08. The highest BCUT2D eigenvalue weighted by atomic mass is 35.5. The Hall–Kier alpha value is -3.36. The van der Waals surface area contributed by atoms with Crippen LogP contribution in [-0.2, 0) is 32.6 Å². The molecule has 0 saturated heterocycles. The van der Waals surface area contributed by atoms with Crippen LogP contribution < -0.4 is 9.62 Å². The SMILES string of the molecule is CCCCNC(=O)C(Cc1ccccc1)N(Cc1cccc(C)c1)C(=O)CN(c1ccc(Cl)cc1C)S(C)(=O)=O. The molecule has 0 radical (unpaired) electrons. The van der Waals surface area contributed by atoms with Crippen LogP contribution in [0.3, 0.4) is 0 Å². The lowest BCUT2D eigenvalue weighted by molar-refractivity contribution is -0.140. The Kier molecular flexibility index (Phi) is 11.2. The maximum absolute atomic E-state index is 14.1. The maximum Gasteiger partial charge on any atom is 0.244 e. The van der Waals surface area contributed by atoms with Crippen LogP contribution in [-0.4, -0.2) is 50.5 Å². The molecular formula is C31H38ClN3O4S. The Morgan fingerprint density at radius 2 is 1.65 bits per heavy atom. The number of nitrogens with zero attached hydrogens (tertiary/aromatic N) is 2. The van der Waals surface area contributed by atoms with E-state index < -0.39 is 28.5 Å². The van der Waals surface area contributed by atoms with Crippen molar-refractivity contribution in [3.8, 4) is 0 Å². The number of hydrogen-bond acceptors (Lipinski definition) is 4. The summed E-state index contributed by atoms with van der Waals surface area (Å²) in [5, 5.41) is 3.45. The highest BCUT2D eigenvalue weighted by molar-refractivity contribution is 7.92. The van der Waals surface area contributed by atoms with Crippen LogP contribution in [0.2, 0.25) is 5.02 Å². The van der Waals surface area contributed by atoms with Crippen molar-refractivity contribution in [2.24, 2.45) is 0 Å². The third kappa shape index (κ3) is 8.83. The molecule has 2 amide bonds. The Morgan fingerprint density at radius 1 is 0.950 bits per heavy atom. The number of carbonyl (C=O) groups excluding carboxylic acids is 2. The standard InChI is InChI=1S/C31H38ClN3O4S/c1-5-6-17-33-31(37)29(20-25-12-8-7-9-13-25)34(21-26-14-10-11-23(2)18-26)30(36)22-35(40(4,38)39)28-16-15-27(32)19-24(28)3/h7-16,18-19,29H,5-6,17,20-22H2,1-4H3,(H,33,37). The smallest absolute Gasteiger partial charge is 0.244 e. The van der Waals surface area contributed by atoms with E-state index in [0.717, 1.165) is 40.1 Å². The molecule has 0 aromatic heterocycles.